The van der Waals surface area contributed by atoms with Crippen molar-refractivity contribution in [1.82, 2.24) is 4.57 Å². The van der Waals surface area contributed by atoms with Crippen LogP contribution in [0.3, 0.4) is 0 Å². The molecule has 0 saturated heterocycles. The second kappa shape index (κ2) is 6.95. The molecule has 3 rings (SSSR count). The van der Waals surface area contributed by atoms with Crippen molar-refractivity contribution in [3.05, 3.63) is 66.5 Å². The van der Waals surface area contributed by atoms with Gasteiger partial charge < -0.3 is 0 Å². The molecule has 3 aromatic rings. The van der Waals surface area contributed by atoms with Crippen LogP contribution in [0.5, 0.6) is 0 Å². The predicted octanol–water partition coefficient (Wildman–Crippen LogP) is 4.99. The third-order valence-corrected chi connectivity index (χ3v) is 3.56. The molecule has 120 valence electrons. The summed E-state index contributed by atoms with van der Waals surface area (Å²) in [5.74, 6) is 0.776. The molecule has 0 amide bonds. The molecule has 0 saturated carbocycles. The van der Waals surface area contributed by atoms with Crippen LogP contribution in [0.2, 0.25) is 0 Å². The van der Waals surface area contributed by atoms with E-state index in [1.807, 2.05) is 91.1 Å². The van der Waals surface area contributed by atoms with Crippen molar-refractivity contribution in [2.24, 2.45) is 34.6 Å². The minimum absolute atomic E-state index is 0.769. The molecule has 1 heterocycles. The molecule has 0 spiro atoms. The smallest absolute Gasteiger partial charge is 0.233 e. The molecule has 6 heteroatoms. The van der Waals surface area contributed by atoms with E-state index < -0.39 is 0 Å². The van der Waals surface area contributed by atoms with Crippen molar-refractivity contribution in [3.63, 3.8) is 0 Å². The second-order valence-corrected chi connectivity index (χ2v) is 5.57. The fraction of sp³-hybridized carbons (Fsp3) is 0.167. The van der Waals surface area contributed by atoms with Crippen LogP contribution >= 0.6 is 0 Å². The molecule has 0 N–H and O–H groups in total. The topological polar surface area (TPSA) is 58.2 Å². The molecule has 0 bridgehead atoms. The number of rotatable bonds is 4. The Bertz CT molecular complexity index is 853. The Morgan fingerprint density at radius 1 is 0.750 bits per heavy atom. The highest BCUT2D eigenvalue weighted by molar-refractivity contribution is 5.47. The molecular weight excluding hydrogens is 300 g/mol. The largest absolute Gasteiger partial charge is 0.421 e. The lowest BCUT2D eigenvalue weighted by molar-refractivity contribution is -0.657. The minimum Gasteiger partial charge on any atom is -0.233 e. The van der Waals surface area contributed by atoms with Gasteiger partial charge in [-0.2, -0.15) is 10.2 Å². The van der Waals surface area contributed by atoms with Gasteiger partial charge in [-0.1, -0.05) is 22.8 Å². The van der Waals surface area contributed by atoms with E-state index in [0.29, 0.717) is 0 Å². The first-order chi connectivity index (χ1) is 11.6. The highest BCUT2D eigenvalue weighted by atomic mass is 15.3. The van der Waals surface area contributed by atoms with Crippen LogP contribution in [0.25, 0.3) is 0 Å². The Labute approximate surface area is 140 Å². The summed E-state index contributed by atoms with van der Waals surface area (Å²) < 4.78 is 3.82. The van der Waals surface area contributed by atoms with Crippen LogP contribution in [0, 0.1) is 6.92 Å². The molecule has 0 aliphatic rings. The van der Waals surface area contributed by atoms with Crippen molar-refractivity contribution in [3.8, 4) is 0 Å². The second-order valence-electron chi connectivity index (χ2n) is 5.57. The molecule has 1 aromatic heterocycles. The number of hydrogen-bond acceptors (Lipinski definition) is 4. The zero-order chi connectivity index (χ0) is 16.9. The fourth-order valence-electron chi connectivity index (χ4n) is 2.14. The molecule has 0 fully saturated rings. The van der Waals surface area contributed by atoms with Gasteiger partial charge in [-0.05, 0) is 43.3 Å². The monoisotopic (exact) mass is 319 g/mol. The minimum atomic E-state index is 0.769. The van der Waals surface area contributed by atoms with Gasteiger partial charge in [0.1, 0.15) is 5.69 Å². The van der Waals surface area contributed by atoms with E-state index in [1.54, 1.807) is 0 Å². The molecule has 24 heavy (non-hydrogen) atoms. The summed E-state index contributed by atoms with van der Waals surface area (Å²) in [5.41, 5.74) is 3.58. The van der Waals surface area contributed by atoms with Gasteiger partial charge in [0, 0.05) is 5.11 Å². The number of hydrogen-bond donors (Lipinski definition) is 0. The normalized spacial score (nSPS) is 11.6. The number of nitrogens with zero attached hydrogens (tertiary/aromatic N) is 6. The van der Waals surface area contributed by atoms with Gasteiger partial charge in [-0.3, -0.25) is 0 Å². The maximum atomic E-state index is 4.26. The number of imidazole rings is 1. The van der Waals surface area contributed by atoms with E-state index in [4.69, 9.17) is 0 Å². The SMILES string of the molecule is Cc1ccc(N=Nc2ccc(N=Nc3n(C)cc[n+]3C)cc2)cc1. The average molecular weight is 319 g/mol. The molecule has 2 aromatic carbocycles. The van der Waals surface area contributed by atoms with E-state index >= 15 is 0 Å². The van der Waals surface area contributed by atoms with Crippen LogP contribution in [0.4, 0.5) is 23.0 Å². The summed E-state index contributed by atoms with van der Waals surface area (Å²) in [5, 5.41) is 17.0. The van der Waals surface area contributed by atoms with Crippen molar-refractivity contribution in [2.75, 3.05) is 0 Å². The van der Waals surface area contributed by atoms with Crippen molar-refractivity contribution in [2.45, 2.75) is 6.92 Å². The zero-order valence-electron chi connectivity index (χ0n) is 14.0. The molecule has 0 aliphatic heterocycles. The molecule has 0 atom stereocenters. The molecule has 6 nitrogen and oxygen atoms in total. The number of aromatic nitrogens is 2. The summed E-state index contributed by atoms with van der Waals surface area (Å²) in [6.07, 6.45) is 3.87. The van der Waals surface area contributed by atoms with Crippen LogP contribution in [0.15, 0.2) is 81.4 Å². The summed E-state index contributed by atoms with van der Waals surface area (Å²) in [4.78, 5) is 0. The van der Waals surface area contributed by atoms with Crippen molar-refractivity contribution < 1.29 is 4.57 Å². The standard InChI is InChI=1S/C18H19N6/c1-14-4-6-15(7-5-14)19-20-16-8-10-17(11-9-16)21-22-18-23(2)12-13-24(18)3/h4-13H,1-3H3/q+1. The summed E-state index contributed by atoms with van der Waals surface area (Å²) >= 11 is 0. The lowest BCUT2D eigenvalue weighted by atomic mass is 10.2. The van der Waals surface area contributed by atoms with Crippen LogP contribution in [0.1, 0.15) is 5.56 Å². The Morgan fingerprint density at radius 3 is 1.67 bits per heavy atom. The van der Waals surface area contributed by atoms with Crippen molar-refractivity contribution in [1.29, 1.82) is 0 Å². The van der Waals surface area contributed by atoms with Gasteiger partial charge in [0.25, 0.3) is 0 Å². The number of benzene rings is 2. The van der Waals surface area contributed by atoms with E-state index in [-0.39, 0.29) is 0 Å². The van der Waals surface area contributed by atoms with Gasteiger partial charge in [-0.25, -0.2) is 9.13 Å². The third-order valence-electron chi connectivity index (χ3n) is 3.56. The third kappa shape index (κ3) is 3.78. The van der Waals surface area contributed by atoms with Gasteiger partial charge in [0.05, 0.1) is 37.9 Å². The average Bonchev–Trinajstić information content (AvgIpc) is 2.92. The Kier molecular flexibility index (Phi) is 4.56. The van der Waals surface area contributed by atoms with Crippen molar-refractivity contribution >= 4 is 23.0 Å². The number of aryl methyl sites for hydroxylation is 3. The Balaban J connectivity index is 1.70. The van der Waals surface area contributed by atoms with E-state index in [2.05, 4.69) is 20.5 Å². The lowest BCUT2D eigenvalue weighted by Crippen LogP contribution is -2.25. The highest BCUT2D eigenvalue weighted by Gasteiger charge is 2.10. The maximum absolute atomic E-state index is 4.26. The summed E-state index contributed by atoms with van der Waals surface area (Å²) in [7, 11) is 3.87. The van der Waals surface area contributed by atoms with Gasteiger partial charge in [0.2, 0.25) is 0 Å². The first kappa shape index (κ1) is 15.7. The van der Waals surface area contributed by atoms with Gasteiger partial charge in [-0.15, -0.1) is 0 Å². The predicted molar refractivity (Wildman–Crippen MR) is 92.6 cm³/mol. The molecule has 0 radical (unpaired) electrons. The molecule has 0 unspecified atom stereocenters. The first-order valence-electron chi connectivity index (χ1n) is 7.63. The fourth-order valence-corrected chi connectivity index (χ4v) is 2.14. The summed E-state index contributed by atoms with van der Waals surface area (Å²) in [6, 6.07) is 15.4. The van der Waals surface area contributed by atoms with E-state index in [1.165, 1.54) is 5.56 Å². The first-order valence-corrected chi connectivity index (χ1v) is 7.63. The molecule has 0 aliphatic carbocycles. The van der Waals surface area contributed by atoms with E-state index in [0.717, 1.165) is 23.0 Å². The molecular formula is C18H19N6+. The zero-order valence-corrected chi connectivity index (χ0v) is 14.0. The van der Waals surface area contributed by atoms with E-state index in [9.17, 15) is 0 Å². The van der Waals surface area contributed by atoms with Crippen LogP contribution < -0.4 is 4.57 Å². The van der Waals surface area contributed by atoms with Crippen LogP contribution in [-0.4, -0.2) is 4.57 Å². The number of azo groups is 2. The van der Waals surface area contributed by atoms with Gasteiger partial charge >= 0.3 is 5.95 Å². The maximum Gasteiger partial charge on any atom is 0.421 e. The van der Waals surface area contributed by atoms with Crippen LogP contribution in [-0.2, 0) is 14.1 Å². The lowest BCUT2D eigenvalue weighted by Gasteiger charge is -1.95. The Hall–Kier alpha value is -3.15. The quantitative estimate of drug-likeness (QED) is 0.480. The van der Waals surface area contributed by atoms with Gasteiger partial charge in [0.15, 0.2) is 0 Å². The summed E-state index contributed by atoms with van der Waals surface area (Å²) in [6.45, 7) is 2.05. The highest BCUT2D eigenvalue weighted by Crippen LogP contribution is 2.22. The Morgan fingerprint density at radius 2 is 1.21 bits per heavy atom.